The zero-order valence-electron chi connectivity index (χ0n) is 12.7. The number of aryl methyl sites for hydroxylation is 2. The Morgan fingerprint density at radius 3 is 2.57 bits per heavy atom. The molecule has 1 heterocycles. The van der Waals surface area contributed by atoms with Crippen LogP contribution in [0.2, 0.25) is 0 Å². The third-order valence-electron chi connectivity index (χ3n) is 3.57. The number of aromatic nitrogens is 1. The number of nitrogens with zero attached hydrogens (tertiary/aromatic N) is 1. The van der Waals surface area contributed by atoms with Gasteiger partial charge in [-0.3, -0.25) is 9.78 Å². The zero-order valence-corrected chi connectivity index (χ0v) is 12.7. The van der Waals surface area contributed by atoms with Gasteiger partial charge in [0.25, 0.3) is 0 Å². The van der Waals surface area contributed by atoms with Crippen molar-refractivity contribution in [2.75, 3.05) is 7.11 Å². The molecular weight excluding hydrogens is 269 g/mol. The molecule has 0 amide bonds. The highest BCUT2D eigenvalue weighted by atomic mass is 19.1. The largest absolute Gasteiger partial charge is 0.496 e. The van der Waals surface area contributed by atoms with Gasteiger partial charge in [0.2, 0.25) is 0 Å². The molecular formula is C17H18FNO2. The van der Waals surface area contributed by atoms with Crippen LogP contribution >= 0.6 is 0 Å². The van der Waals surface area contributed by atoms with E-state index in [0.717, 1.165) is 16.9 Å². The van der Waals surface area contributed by atoms with Crippen LogP contribution in [0, 0.1) is 26.6 Å². The molecule has 2 aromatic rings. The molecule has 0 aliphatic carbocycles. The first-order valence-electron chi connectivity index (χ1n) is 6.72. The highest BCUT2D eigenvalue weighted by Crippen LogP contribution is 2.25. The molecule has 21 heavy (non-hydrogen) atoms. The first-order chi connectivity index (χ1) is 9.93. The number of Topliss-reactive ketones (excluding diaryl/α,β-unsaturated/α-hetero) is 1. The molecule has 0 aliphatic rings. The van der Waals surface area contributed by atoms with Crippen LogP contribution in [0.1, 0.15) is 32.7 Å². The second-order valence-electron chi connectivity index (χ2n) is 5.11. The molecule has 0 unspecified atom stereocenters. The summed E-state index contributed by atoms with van der Waals surface area (Å²) < 4.78 is 18.4. The molecule has 4 heteroatoms. The Morgan fingerprint density at radius 1 is 1.24 bits per heavy atom. The van der Waals surface area contributed by atoms with Gasteiger partial charge in [0.05, 0.1) is 19.2 Å². The van der Waals surface area contributed by atoms with Gasteiger partial charge in [-0.05, 0) is 44.5 Å². The van der Waals surface area contributed by atoms with E-state index in [1.54, 1.807) is 20.2 Å². The Balaban J connectivity index is 2.32. The zero-order chi connectivity index (χ0) is 15.6. The van der Waals surface area contributed by atoms with E-state index >= 15 is 0 Å². The highest BCUT2D eigenvalue weighted by Gasteiger charge is 2.15. The summed E-state index contributed by atoms with van der Waals surface area (Å²) in [6.07, 6.45) is 1.88. The molecule has 0 aliphatic heterocycles. The number of hydrogen-bond acceptors (Lipinski definition) is 3. The molecule has 110 valence electrons. The smallest absolute Gasteiger partial charge is 0.169 e. The second kappa shape index (κ2) is 6.04. The van der Waals surface area contributed by atoms with Crippen molar-refractivity contribution in [2.24, 2.45) is 0 Å². The van der Waals surface area contributed by atoms with Crippen LogP contribution in [0.25, 0.3) is 0 Å². The van der Waals surface area contributed by atoms with Gasteiger partial charge in [-0.2, -0.15) is 0 Å². The number of benzene rings is 1. The van der Waals surface area contributed by atoms with E-state index < -0.39 is 0 Å². The average Bonchev–Trinajstić information content (AvgIpc) is 2.42. The third kappa shape index (κ3) is 3.10. The van der Waals surface area contributed by atoms with Crippen molar-refractivity contribution in [3.63, 3.8) is 0 Å². The van der Waals surface area contributed by atoms with E-state index in [2.05, 4.69) is 4.98 Å². The molecule has 3 nitrogen and oxygen atoms in total. The Bertz CT molecular complexity index is 695. The Hall–Kier alpha value is -2.23. The van der Waals surface area contributed by atoms with Gasteiger partial charge in [0, 0.05) is 22.9 Å². The van der Waals surface area contributed by atoms with Crippen LogP contribution in [0.5, 0.6) is 5.75 Å². The van der Waals surface area contributed by atoms with Crippen molar-refractivity contribution in [2.45, 2.75) is 27.2 Å². The topological polar surface area (TPSA) is 39.2 Å². The number of hydrogen-bond donors (Lipinski definition) is 0. The molecule has 2 rings (SSSR count). The van der Waals surface area contributed by atoms with E-state index in [9.17, 15) is 9.18 Å². The van der Waals surface area contributed by atoms with Crippen LogP contribution in [0.3, 0.4) is 0 Å². The summed E-state index contributed by atoms with van der Waals surface area (Å²) in [5.41, 5.74) is 3.65. The Labute approximate surface area is 123 Å². The molecule has 0 fully saturated rings. The van der Waals surface area contributed by atoms with Gasteiger partial charge in [0.15, 0.2) is 5.78 Å². The predicted molar refractivity (Wildman–Crippen MR) is 79.4 cm³/mol. The molecule has 1 aromatic carbocycles. The van der Waals surface area contributed by atoms with E-state index in [0.29, 0.717) is 16.8 Å². The monoisotopic (exact) mass is 287 g/mol. The van der Waals surface area contributed by atoms with Gasteiger partial charge in [-0.25, -0.2) is 4.39 Å². The predicted octanol–water partition coefficient (Wildman–Crippen LogP) is 3.58. The van der Waals surface area contributed by atoms with Gasteiger partial charge in [-0.1, -0.05) is 0 Å². The molecule has 0 spiro atoms. The third-order valence-corrected chi connectivity index (χ3v) is 3.57. The number of halogens is 1. The van der Waals surface area contributed by atoms with Gasteiger partial charge in [0.1, 0.15) is 11.6 Å². The molecule has 0 saturated carbocycles. The summed E-state index contributed by atoms with van der Waals surface area (Å²) >= 11 is 0. The fraction of sp³-hybridized carbons (Fsp3) is 0.294. The Morgan fingerprint density at radius 2 is 1.95 bits per heavy atom. The maximum atomic E-state index is 13.1. The lowest BCUT2D eigenvalue weighted by atomic mass is 9.99. The number of methoxy groups -OCH3 is 1. The van der Waals surface area contributed by atoms with Crippen LogP contribution in [0.4, 0.5) is 4.39 Å². The normalized spacial score (nSPS) is 10.5. The molecule has 1 aromatic heterocycles. The summed E-state index contributed by atoms with van der Waals surface area (Å²) in [6.45, 7) is 5.53. The molecule has 0 radical (unpaired) electrons. The van der Waals surface area contributed by atoms with Crippen LogP contribution in [0.15, 0.2) is 24.4 Å². The van der Waals surface area contributed by atoms with Crippen LogP contribution < -0.4 is 4.74 Å². The second-order valence-corrected chi connectivity index (χ2v) is 5.11. The molecule has 0 bridgehead atoms. The summed E-state index contributed by atoms with van der Waals surface area (Å²) in [7, 11) is 1.60. The van der Waals surface area contributed by atoms with E-state index in [1.165, 1.54) is 18.2 Å². The van der Waals surface area contributed by atoms with Gasteiger partial charge in [-0.15, -0.1) is 0 Å². The lowest BCUT2D eigenvalue weighted by Gasteiger charge is -2.12. The lowest BCUT2D eigenvalue weighted by Crippen LogP contribution is -2.09. The van der Waals surface area contributed by atoms with Crippen molar-refractivity contribution in [3.05, 3.63) is 58.2 Å². The van der Waals surface area contributed by atoms with Gasteiger partial charge >= 0.3 is 0 Å². The fourth-order valence-corrected chi connectivity index (χ4v) is 2.44. The molecule has 0 N–H and O–H groups in total. The van der Waals surface area contributed by atoms with E-state index in [1.807, 2.05) is 13.8 Å². The average molecular weight is 287 g/mol. The summed E-state index contributed by atoms with van der Waals surface area (Å²) in [5.74, 6) is 0.341. The number of rotatable bonds is 4. The van der Waals surface area contributed by atoms with Crippen LogP contribution in [-0.2, 0) is 6.42 Å². The maximum absolute atomic E-state index is 13.1. The summed E-state index contributed by atoms with van der Waals surface area (Å²) in [4.78, 5) is 16.7. The minimum atomic E-state index is -0.338. The summed E-state index contributed by atoms with van der Waals surface area (Å²) in [6, 6.07) is 4.19. The first kappa shape index (κ1) is 15.2. The summed E-state index contributed by atoms with van der Waals surface area (Å²) in [5, 5.41) is 0. The Kier molecular flexibility index (Phi) is 4.36. The minimum absolute atomic E-state index is 0.0750. The first-order valence-corrected chi connectivity index (χ1v) is 6.72. The van der Waals surface area contributed by atoms with Crippen LogP contribution in [-0.4, -0.2) is 17.9 Å². The van der Waals surface area contributed by atoms with Crippen molar-refractivity contribution in [3.8, 4) is 5.75 Å². The lowest BCUT2D eigenvalue weighted by molar-refractivity contribution is 0.0991. The quantitative estimate of drug-likeness (QED) is 0.807. The van der Waals surface area contributed by atoms with E-state index in [-0.39, 0.29) is 18.0 Å². The number of carbonyl (C=O) groups is 1. The molecule has 0 atom stereocenters. The number of ether oxygens (including phenoxy) is 1. The number of ketones is 1. The van der Waals surface area contributed by atoms with Crippen molar-refractivity contribution in [1.29, 1.82) is 0 Å². The minimum Gasteiger partial charge on any atom is -0.496 e. The number of carbonyl (C=O) groups excluding carboxylic acids is 1. The van der Waals surface area contributed by atoms with E-state index in [4.69, 9.17) is 4.74 Å². The van der Waals surface area contributed by atoms with Crippen molar-refractivity contribution < 1.29 is 13.9 Å². The van der Waals surface area contributed by atoms with Crippen molar-refractivity contribution in [1.82, 2.24) is 4.98 Å². The molecule has 0 saturated heterocycles. The fourth-order valence-electron chi connectivity index (χ4n) is 2.44. The number of pyridine rings is 1. The standard InChI is InChI=1S/C17H18FNO2/c1-10-7-13(18)5-6-14(10)16(20)8-15-12(3)17(21-4)11(2)9-19-15/h5-7,9H,8H2,1-4H3. The van der Waals surface area contributed by atoms with Gasteiger partial charge < -0.3 is 4.74 Å². The highest BCUT2D eigenvalue weighted by molar-refractivity contribution is 5.98. The maximum Gasteiger partial charge on any atom is 0.169 e. The SMILES string of the molecule is COc1c(C)cnc(CC(=O)c2ccc(F)cc2C)c1C. The van der Waals surface area contributed by atoms with Crippen molar-refractivity contribution >= 4 is 5.78 Å².